The summed E-state index contributed by atoms with van der Waals surface area (Å²) in [6.07, 6.45) is 5.40. The fourth-order valence-electron chi connectivity index (χ4n) is 2.52. The van der Waals surface area contributed by atoms with Crippen molar-refractivity contribution in [2.45, 2.75) is 39.0 Å². The summed E-state index contributed by atoms with van der Waals surface area (Å²) in [6, 6.07) is 6.50. The van der Waals surface area contributed by atoms with E-state index in [0.717, 1.165) is 12.0 Å². The van der Waals surface area contributed by atoms with Gasteiger partial charge in [0.25, 0.3) is 0 Å². The van der Waals surface area contributed by atoms with E-state index in [2.05, 4.69) is 23.5 Å². The minimum atomic E-state index is 0.0936. The number of aryl methyl sites for hydroxylation is 2. The average Bonchev–Trinajstić information content (AvgIpc) is 2.44. The first-order valence-corrected chi connectivity index (χ1v) is 7.26. The molecule has 3 nitrogen and oxygen atoms in total. The van der Waals surface area contributed by atoms with Crippen LogP contribution in [0.1, 0.15) is 36.5 Å². The Morgan fingerprint density at radius 3 is 2.79 bits per heavy atom. The van der Waals surface area contributed by atoms with E-state index in [1.807, 2.05) is 6.92 Å². The van der Waals surface area contributed by atoms with E-state index in [4.69, 9.17) is 5.73 Å². The standard InChI is InChI=1S/C16H24N2O/c1-12(10-17)11-18-16(19)9-13-6-7-14-4-2-3-5-15(14)8-13/h6-8,12H,2-5,9-11,17H2,1H3,(H,18,19). The van der Waals surface area contributed by atoms with Crippen molar-refractivity contribution >= 4 is 5.91 Å². The number of fused-ring (bicyclic) bond motifs is 1. The van der Waals surface area contributed by atoms with Crippen LogP contribution in [-0.4, -0.2) is 19.0 Å². The van der Waals surface area contributed by atoms with Crippen LogP contribution in [-0.2, 0) is 24.1 Å². The molecule has 3 N–H and O–H groups in total. The minimum Gasteiger partial charge on any atom is -0.356 e. The highest BCUT2D eigenvalue weighted by Crippen LogP contribution is 2.22. The molecule has 1 aliphatic carbocycles. The van der Waals surface area contributed by atoms with Crippen LogP contribution in [0.15, 0.2) is 18.2 Å². The normalized spacial score (nSPS) is 15.7. The number of rotatable bonds is 5. The molecule has 0 saturated heterocycles. The number of amides is 1. The van der Waals surface area contributed by atoms with Gasteiger partial charge in [-0.05, 0) is 54.8 Å². The number of benzene rings is 1. The van der Waals surface area contributed by atoms with E-state index in [1.54, 1.807) is 0 Å². The highest BCUT2D eigenvalue weighted by Gasteiger charge is 2.11. The summed E-state index contributed by atoms with van der Waals surface area (Å²) in [5.74, 6) is 0.434. The zero-order valence-electron chi connectivity index (χ0n) is 11.7. The van der Waals surface area contributed by atoms with Gasteiger partial charge >= 0.3 is 0 Å². The number of carbonyl (C=O) groups is 1. The van der Waals surface area contributed by atoms with Crippen LogP contribution in [0.3, 0.4) is 0 Å². The summed E-state index contributed by atoms with van der Waals surface area (Å²) < 4.78 is 0. The third-order valence-electron chi connectivity index (χ3n) is 3.83. The molecule has 19 heavy (non-hydrogen) atoms. The summed E-state index contributed by atoms with van der Waals surface area (Å²) >= 11 is 0. The lowest BCUT2D eigenvalue weighted by Gasteiger charge is -2.16. The molecular formula is C16H24N2O. The van der Waals surface area contributed by atoms with Crippen molar-refractivity contribution in [2.24, 2.45) is 11.7 Å². The van der Waals surface area contributed by atoms with Crippen LogP contribution in [0.2, 0.25) is 0 Å². The van der Waals surface area contributed by atoms with Crippen molar-refractivity contribution in [3.05, 3.63) is 34.9 Å². The van der Waals surface area contributed by atoms with Crippen molar-refractivity contribution in [3.8, 4) is 0 Å². The molecular weight excluding hydrogens is 236 g/mol. The van der Waals surface area contributed by atoms with Crippen molar-refractivity contribution in [1.29, 1.82) is 0 Å². The summed E-state index contributed by atoms with van der Waals surface area (Å²) in [5, 5.41) is 2.94. The number of hydrogen-bond acceptors (Lipinski definition) is 2. The Bertz CT molecular complexity index is 442. The van der Waals surface area contributed by atoms with Gasteiger partial charge in [-0.15, -0.1) is 0 Å². The summed E-state index contributed by atoms with van der Waals surface area (Å²) in [6.45, 7) is 3.32. The molecule has 1 unspecified atom stereocenters. The van der Waals surface area contributed by atoms with Gasteiger partial charge in [0.15, 0.2) is 0 Å². The third-order valence-corrected chi connectivity index (χ3v) is 3.83. The molecule has 1 atom stereocenters. The van der Waals surface area contributed by atoms with Gasteiger partial charge in [0.1, 0.15) is 0 Å². The molecule has 1 aromatic carbocycles. The van der Waals surface area contributed by atoms with Crippen molar-refractivity contribution in [3.63, 3.8) is 0 Å². The van der Waals surface area contributed by atoms with Crippen LogP contribution < -0.4 is 11.1 Å². The SMILES string of the molecule is CC(CN)CNC(=O)Cc1ccc2c(c1)CCCC2. The third kappa shape index (κ3) is 4.06. The van der Waals surface area contributed by atoms with Gasteiger partial charge in [-0.1, -0.05) is 25.1 Å². The molecule has 1 amide bonds. The second-order valence-corrected chi connectivity index (χ2v) is 5.63. The van der Waals surface area contributed by atoms with E-state index in [-0.39, 0.29) is 5.91 Å². The Kier molecular flexibility index (Phi) is 4.97. The second-order valence-electron chi connectivity index (χ2n) is 5.63. The first kappa shape index (κ1) is 14.1. The number of carbonyl (C=O) groups excluding carboxylic acids is 1. The number of hydrogen-bond donors (Lipinski definition) is 2. The van der Waals surface area contributed by atoms with Gasteiger partial charge in [-0.25, -0.2) is 0 Å². The Labute approximate surface area is 115 Å². The maximum absolute atomic E-state index is 11.8. The lowest BCUT2D eigenvalue weighted by molar-refractivity contribution is -0.120. The molecule has 0 aromatic heterocycles. The van der Waals surface area contributed by atoms with Gasteiger partial charge in [-0.2, -0.15) is 0 Å². The molecule has 2 rings (SSSR count). The fourth-order valence-corrected chi connectivity index (χ4v) is 2.52. The average molecular weight is 260 g/mol. The quantitative estimate of drug-likeness (QED) is 0.848. The predicted molar refractivity (Wildman–Crippen MR) is 78.0 cm³/mol. The smallest absolute Gasteiger partial charge is 0.224 e. The molecule has 0 aliphatic heterocycles. The lowest BCUT2D eigenvalue weighted by Crippen LogP contribution is -2.32. The van der Waals surface area contributed by atoms with Crippen molar-refractivity contribution in [2.75, 3.05) is 13.1 Å². The Hall–Kier alpha value is -1.35. The predicted octanol–water partition coefficient (Wildman–Crippen LogP) is 1.82. The molecule has 0 saturated carbocycles. The maximum atomic E-state index is 11.8. The summed E-state index contributed by atoms with van der Waals surface area (Å²) in [4.78, 5) is 11.8. The van der Waals surface area contributed by atoms with Gasteiger partial charge in [0.2, 0.25) is 5.91 Å². The number of nitrogens with two attached hydrogens (primary N) is 1. The van der Waals surface area contributed by atoms with Crippen LogP contribution in [0.5, 0.6) is 0 Å². The molecule has 1 aliphatic rings. The Balaban J connectivity index is 1.90. The van der Waals surface area contributed by atoms with Crippen LogP contribution in [0.25, 0.3) is 0 Å². The molecule has 1 aromatic rings. The van der Waals surface area contributed by atoms with Crippen molar-refractivity contribution in [1.82, 2.24) is 5.32 Å². The zero-order chi connectivity index (χ0) is 13.7. The minimum absolute atomic E-state index is 0.0936. The van der Waals surface area contributed by atoms with E-state index in [0.29, 0.717) is 25.4 Å². The van der Waals surface area contributed by atoms with Crippen LogP contribution in [0.4, 0.5) is 0 Å². The summed E-state index contributed by atoms with van der Waals surface area (Å²) in [7, 11) is 0. The molecule has 3 heteroatoms. The summed E-state index contributed by atoms with van der Waals surface area (Å²) in [5.41, 5.74) is 9.56. The maximum Gasteiger partial charge on any atom is 0.224 e. The Morgan fingerprint density at radius 2 is 2.05 bits per heavy atom. The van der Waals surface area contributed by atoms with E-state index < -0.39 is 0 Å². The van der Waals surface area contributed by atoms with Gasteiger partial charge in [0, 0.05) is 6.54 Å². The molecule has 0 heterocycles. The molecule has 104 valence electrons. The van der Waals surface area contributed by atoms with E-state index in [1.165, 1.54) is 30.4 Å². The largest absolute Gasteiger partial charge is 0.356 e. The highest BCUT2D eigenvalue weighted by atomic mass is 16.1. The monoisotopic (exact) mass is 260 g/mol. The van der Waals surface area contributed by atoms with Gasteiger partial charge in [-0.3, -0.25) is 4.79 Å². The lowest BCUT2D eigenvalue weighted by atomic mass is 9.90. The Morgan fingerprint density at radius 1 is 1.32 bits per heavy atom. The first-order chi connectivity index (χ1) is 9.19. The van der Waals surface area contributed by atoms with Crippen molar-refractivity contribution < 1.29 is 4.79 Å². The van der Waals surface area contributed by atoms with Gasteiger partial charge < -0.3 is 11.1 Å². The molecule has 0 spiro atoms. The molecule has 0 fully saturated rings. The molecule has 0 bridgehead atoms. The molecule has 0 radical (unpaired) electrons. The van der Waals surface area contributed by atoms with E-state index in [9.17, 15) is 4.79 Å². The van der Waals surface area contributed by atoms with Gasteiger partial charge in [0.05, 0.1) is 6.42 Å². The van der Waals surface area contributed by atoms with E-state index >= 15 is 0 Å². The fraction of sp³-hybridized carbons (Fsp3) is 0.562. The zero-order valence-corrected chi connectivity index (χ0v) is 11.7. The van der Waals surface area contributed by atoms with Crippen LogP contribution >= 0.6 is 0 Å². The second kappa shape index (κ2) is 6.71. The first-order valence-electron chi connectivity index (χ1n) is 7.26. The topological polar surface area (TPSA) is 55.1 Å². The van der Waals surface area contributed by atoms with Crippen LogP contribution in [0, 0.1) is 5.92 Å². The highest BCUT2D eigenvalue weighted by molar-refractivity contribution is 5.78. The number of nitrogens with one attached hydrogen (secondary N) is 1.